The fourth-order valence-corrected chi connectivity index (χ4v) is 2.34. The van der Waals surface area contributed by atoms with E-state index < -0.39 is 16.8 Å². The van der Waals surface area contributed by atoms with Gasteiger partial charge in [0.25, 0.3) is 11.6 Å². The molecular weight excluding hydrogens is 328 g/mol. The predicted octanol–water partition coefficient (Wildman–Crippen LogP) is 2.11. The van der Waals surface area contributed by atoms with Gasteiger partial charge >= 0.3 is 5.97 Å². The van der Waals surface area contributed by atoms with E-state index in [1.54, 1.807) is 26.0 Å². The average molecular weight is 346 g/mol. The molecule has 0 aliphatic rings. The summed E-state index contributed by atoms with van der Waals surface area (Å²) in [5.41, 5.74) is 0.210. The molecule has 0 atom stereocenters. The lowest BCUT2D eigenvalue weighted by molar-refractivity contribution is -0.384. The summed E-state index contributed by atoms with van der Waals surface area (Å²) >= 11 is 0. The molecule has 0 unspecified atom stereocenters. The molecule has 1 N–H and O–H groups in total. The minimum Gasteiger partial charge on any atom is -0.481 e. The highest BCUT2D eigenvalue weighted by molar-refractivity contribution is 5.92. The molecule has 9 heteroatoms. The zero-order valence-electron chi connectivity index (χ0n) is 13.8. The molecule has 0 bridgehead atoms. The number of para-hydroxylation sites is 2. The number of carbonyl (C=O) groups is 2. The van der Waals surface area contributed by atoms with E-state index >= 15 is 0 Å². The lowest BCUT2D eigenvalue weighted by atomic mass is 10.2. The van der Waals surface area contributed by atoms with E-state index in [0.717, 1.165) is 0 Å². The minimum atomic E-state index is -0.996. The lowest BCUT2D eigenvalue weighted by Crippen LogP contribution is -2.38. The van der Waals surface area contributed by atoms with Gasteiger partial charge in [0.05, 0.1) is 11.3 Å². The van der Waals surface area contributed by atoms with Gasteiger partial charge in [-0.15, -0.1) is 0 Å². The molecule has 0 spiro atoms. The van der Waals surface area contributed by atoms with Crippen LogP contribution < -0.4 is 0 Å². The first kappa shape index (κ1) is 18.1. The first-order valence-electron chi connectivity index (χ1n) is 7.63. The maximum atomic E-state index is 12.6. The van der Waals surface area contributed by atoms with E-state index in [0.29, 0.717) is 0 Å². The molecule has 132 valence electrons. The lowest BCUT2D eigenvalue weighted by Gasteiger charge is -2.25. The van der Waals surface area contributed by atoms with Crippen LogP contribution in [0.15, 0.2) is 36.5 Å². The van der Waals surface area contributed by atoms with Crippen LogP contribution in [-0.2, 0) is 4.79 Å². The molecule has 1 aromatic carbocycles. The van der Waals surface area contributed by atoms with Crippen molar-refractivity contribution in [1.82, 2.24) is 14.7 Å². The van der Waals surface area contributed by atoms with Crippen LogP contribution in [0.5, 0.6) is 0 Å². The van der Waals surface area contributed by atoms with Crippen molar-refractivity contribution in [2.24, 2.45) is 0 Å². The number of hydrogen-bond acceptors (Lipinski definition) is 5. The largest absolute Gasteiger partial charge is 0.481 e. The second-order valence-electron chi connectivity index (χ2n) is 5.63. The number of carbonyl (C=O) groups excluding carboxylic acids is 1. The van der Waals surface area contributed by atoms with E-state index in [4.69, 9.17) is 5.11 Å². The van der Waals surface area contributed by atoms with Gasteiger partial charge in [-0.25, -0.2) is 4.68 Å². The molecular formula is C16H18N4O5. The molecule has 1 aromatic heterocycles. The maximum Gasteiger partial charge on any atom is 0.305 e. The Hall–Kier alpha value is -3.23. The Balaban J connectivity index is 2.29. The van der Waals surface area contributed by atoms with Crippen LogP contribution >= 0.6 is 0 Å². The van der Waals surface area contributed by atoms with Gasteiger partial charge in [0.1, 0.15) is 5.69 Å². The molecule has 9 nitrogen and oxygen atoms in total. The summed E-state index contributed by atoms with van der Waals surface area (Å²) < 4.78 is 1.26. The first-order valence-corrected chi connectivity index (χ1v) is 7.63. The second-order valence-corrected chi connectivity index (χ2v) is 5.63. The quantitative estimate of drug-likeness (QED) is 0.606. The fourth-order valence-electron chi connectivity index (χ4n) is 2.34. The fraction of sp³-hybridized carbons (Fsp3) is 0.312. The van der Waals surface area contributed by atoms with Gasteiger partial charge in [-0.05, 0) is 26.0 Å². The number of aromatic nitrogens is 2. The summed E-state index contributed by atoms with van der Waals surface area (Å²) in [6.45, 7) is 3.61. The molecule has 1 heterocycles. The van der Waals surface area contributed by atoms with Crippen molar-refractivity contribution >= 4 is 17.6 Å². The van der Waals surface area contributed by atoms with Crippen LogP contribution in [0, 0.1) is 10.1 Å². The smallest absolute Gasteiger partial charge is 0.305 e. The number of benzene rings is 1. The third kappa shape index (κ3) is 4.19. The van der Waals surface area contributed by atoms with Crippen molar-refractivity contribution in [3.63, 3.8) is 0 Å². The highest BCUT2D eigenvalue weighted by Crippen LogP contribution is 2.22. The van der Waals surface area contributed by atoms with E-state index in [2.05, 4.69) is 5.10 Å². The van der Waals surface area contributed by atoms with Crippen LogP contribution in [-0.4, -0.2) is 49.2 Å². The molecule has 25 heavy (non-hydrogen) atoms. The van der Waals surface area contributed by atoms with Gasteiger partial charge in [-0.1, -0.05) is 12.1 Å². The summed E-state index contributed by atoms with van der Waals surface area (Å²) in [6, 6.07) is 7.32. The van der Waals surface area contributed by atoms with E-state index in [1.165, 1.54) is 34.0 Å². The summed E-state index contributed by atoms with van der Waals surface area (Å²) in [5.74, 6) is -1.42. The van der Waals surface area contributed by atoms with Crippen molar-refractivity contribution < 1.29 is 19.6 Å². The van der Waals surface area contributed by atoms with Gasteiger partial charge in [-0.3, -0.25) is 19.7 Å². The van der Waals surface area contributed by atoms with Gasteiger partial charge in [0, 0.05) is 24.8 Å². The number of amides is 1. The highest BCUT2D eigenvalue weighted by Gasteiger charge is 2.23. The van der Waals surface area contributed by atoms with Gasteiger partial charge < -0.3 is 10.0 Å². The molecule has 0 fully saturated rings. The van der Waals surface area contributed by atoms with Crippen molar-refractivity contribution in [2.75, 3.05) is 6.54 Å². The Morgan fingerprint density at radius 3 is 2.60 bits per heavy atom. The summed E-state index contributed by atoms with van der Waals surface area (Å²) in [5, 5.41) is 24.1. The summed E-state index contributed by atoms with van der Waals surface area (Å²) in [4.78, 5) is 35.3. The van der Waals surface area contributed by atoms with Gasteiger partial charge in [0.2, 0.25) is 0 Å². The molecule has 1 amide bonds. The Bertz CT molecular complexity index is 799. The minimum absolute atomic E-state index is 0.0597. The SMILES string of the molecule is CC(C)N(CCC(=O)O)C(=O)c1ccn(-c2ccccc2[N+](=O)[O-])n1. The highest BCUT2D eigenvalue weighted by atomic mass is 16.6. The first-order chi connectivity index (χ1) is 11.8. The van der Waals surface area contributed by atoms with E-state index in [1.807, 2.05) is 0 Å². The standard InChI is InChI=1S/C16H18N4O5/c1-11(2)18(9-8-15(21)22)16(23)12-7-10-19(17-12)13-5-3-4-6-14(13)20(24)25/h3-7,10-11H,8-9H2,1-2H3,(H,21,22). The number of nitrogens with zero attached hydrogens (tertiary/aromatic N) is 4. The van der Waals surface area contributed by atoms with E-state index in [9.17, 15) is 19.7 Å². The van der Waals surface area contributed by atoms with Gasteiger partial charge in [-0.2, -0.15) is 5.10 Å². The van der Waals surface area contributed by atoms with Crippen molar-refractivity contribution in [1.29, 1.82) is 0 Å². The Labute approximate surface area is 143 Å². The Morgan fingerprint density at radius 2 is 2.00 bits per heavy atom. The molecule has 0 saturated heterocycles. The van der Waals surface area contributed by atoms with Crippen molar-refractivity contribution in [2.45, 2.75) is 26.3 Å². The third-order valence-corrected chi connectivity index (χ3v) is 3.58. The molecule has 0 saturated carbocycles. The third-order valence-electron chi connectivity index (χ3n) is 3.58. The zero-order chi connectivity index (χ0) is 18.6. The number of aliphatic carboxylic acids is 1. The van der Waals surface area contributed by atoms with Crippen LogP contribution in [0.3, 0.4) is 0 Å². The number of nitro benzene ring substituents is 1. The summed E-state index contributed by atoms with van der Waals surface area (Å²) in [6.07, 6.45) is 1.29. The molecule has 0 aliphatic heterocycles. The molecule has 0 aliphatic carbocycles. The molecule has 2 rings (SSSR count). The zero-order valence-corrected chi connectivity index (χ0v) is 13.8. The van der Waals surface area contributed by atoms with E-state index in [-0.39, 0.29) is 36.1 Å². The topological polar surface area (TPSA) is 119 Å². The van der Waals surface area contributed by atoms with Crippen LogP contribution in [0.1, 0.15) is 30.8 Å². The monoisotopic (exact) mass is 346 g/mol. The molecule has 2 aromatic rings. The van der Waals surface area contributed by atoms with Crippen LogP contribution in [0.25, 0.3) is 5.69 Å². The number of nitro groups is 1. The number of carboxylic acid groups (broad SMARTS) is 1. The van der Waals surface area contributed by atoms with Crippen LogP contribution in [0.2, 0.25) is 0 Å². The van der Waals surface area contributed by atoms with Crippen LogP contribution in [0.4, 0.5) is 5.69 Å². The van der Waals surface area contributed by atoms with Crippen molar-refractivity contribution in [3.05, 3.63) is 52.3 Å². The number of rotatable bonds is 7. The number of carboxylic acids is 1. The molecule has 0 radical (unpaired) electrons. The average Bonchev–Trinajstić information content (AvgIpc) is 3.04. The predicted molar refractivity (Wildman–Crippen MR) is 88.6 cm³/mol. The normalized spacial score (nSPS) is 10.7. The van der Waals surface area contributed by atoms with Crippen molar-refractivity contribution in [3.8, 4) is 5.69 Å². The van der Waals surface area contributed by atoms with Gasteiger partial charge in [0.15, 0.2) is 5.69 Å². The second kappa shape index (κ2) is 7.56. The Morgan fingerprint density at radius 1 is 1.32 bits per heavy atom. The number of hydrogen-bond donors (Lipinski definition) is 1. The Kier molecular flexibility index (Phi) is 5.48. The maximum absolute atomic E-state index is 12.6. The summed E-state index contributed by atoms with van der Waals surface area (Å²) in [7, 11) is 0.